The molecule has 0 N–H and O–H groups in total. The first kappa shape index (κ1) is 39.2. The second kappa shape index (κ2) is 38.5. The van der Waals surface area contributed by atoms with Crippen molar-refractivity contribution in [3.8, 4) is 0 Å². The summed E-state index contributed by atoms with van der Waals surface area (Å²) in [4.78, 5) is -0.278. The Bertz CT molecular complexity index is 92.0. The van der Waals surface area contributed by atoms with Gasteiger partial charge in [0.25, 0.3) is 0 Å². The molecule has 7 heteroatoms. The quantitative estimate of drug-likeness (QED) is 0.147. The molecule has 0 saturated carbocycles. The van der Waals surface area contributed by atoms with Crippen molar-refractivity contribution >= 4 is 128 Å². The van der Waals surface area contributed by atoms with E-state index in [1.807, 2.05) is 13.8 Å². The van der Waals surface area contributed by atoms with Crippen LogP contribution in [0.3, 0.4) is 0 Å². The van der Waals surface area contributed by atoms with E-state index in [9.17, 15) is 0 Å². The predicted molar refractivity (Wildman–Crippen MR) is 147 cm³/mol. The van der Waals surface area contributed by atoms with Crippen LogP contribution in [0.5, 0.6) is 0 Å². The van der Waals surface area contributed by atoms with Gasteiger partial charge in [-0.25, -0.2) is 0 Å². The molecule has 0 atom stereocenters. The Labute approximate surface area is 202 Å². The van der Waals surface area contributed by atoms with Crippen molar-refractivity contribution in [1.82, 2.24) is 0 Å². The Balaban J connectivity index is -0.0000000293. The number of halogens is 6. The Hall–Kier alpha value is 4.96. The van der Waals surface area contributed by atoms with E-state index in [0.29, 0.717) is -0.565 Å². The van der Waals surface area contributed by atoms with Crippen molar-refractivity contribution in [1.29, 1.82) is 0 Å². The monoisotopic (exact) mass is 987 g/mol. The van der Waals surface area contributed by atoms with E-state index < -0.39 is 0 Å². The van der Waals surface area contributed by atoms with E-state index in [2.05, 4.69) is 155 Å². The van der Waals surface area contributed by atoms with Gasteiger partial charge in [-0.05, 0) is 6.42 Å². The molecular weight excluding hydrogens is 956 g/mol. The Morgan fingerprint density at radius 1 is 0.842 bits per heavy atom. The zero-order chi connectivity index (χ0) is 16.2. The molecule has 0 radical (unpaired) electrons. The fourth-order valence-electron chi connectivity index (χ4n) is 0. The second-order valence-corrected chi connectivity index (χ2v) is 49.2. The third kappa shape index (κ3) is 126. The van der Waals surface area contributed by atoms with Gasteiger partial charge in [0.15, 0.2) is 0 Å². The first-order chi connectivity index (χ1) is 8.21. The van der Waals surface area contributed by atoms with Crippen LogP contribution in [0.25, 0.3) is 0 Å². The van der Waals surface area contributed by atoms with E-state index in [1.165, 1.54) is 19.3 Å². The van der Waals surface area contributed by atoms with Crippen LogP contribution in [0.15, 0.2) is 0 Å². The number of rotatable bonds is 2. The van der Waals surface area contributed by atoms with E-state index in [-0.39, 0.29) is 12.3 Å². The summed E-state index contributed by atoms with van der Waals surface area (Å²) in [6.45, 7) is 15.5. The zero-order valence-corrected chi connectivity index (χ0v) is 26.4. The summed E-state index contributed by atoms with van der Waals surface area (Å²) in [5.41, 5.74) is 0. The average Bonchev–Trinajstić information content (AvgIpc) is 2.33. The van der Waals surface area contributed by atoms with Gasteiger partial charge in [-0.2, -0.15) is 6.92 Å². The normalized spacial score (nSPS) is 7.89. The van der Waals surface area contributed by atoms with Crippen molar-refractivity contribution in [2.75, 3.05) is 0 Å². The summed E-state index contributed by atoms with van der Waals surface area (Å²) in [6.07, 6.45) is 3.87. The Morgan fingerprint density at radius 2 is 0.947 bits per heavy atom. The van der Waals surface area contributed by atoms with Crippen LogP contribution in [-0.4, -0.2) is -0.565 Å². The zero-order valence-electron chi connectivity index (χ0n) is 12.0. The second-order valence-electron chi connectivity index (χ2n) is 2.16. The molecule has 0 fully saturated rings. The van der Waals surface area contributed by atoms with E-state index in [1.54, 1.807) is 6.92 Å². The molecule has 0 amide bonds. The summed E-state index contributed by atoms with van der Waals surface area (Å²) in [5.74, 6) is 0. The van der Waals surface area contributed by atoms with Gasteiger partial charge in [0.1, 0.15) is -0.565 Å². The maximum absolute atomic E-state index is 3.25. The van der Waals surface area contributed by atoms with Crippen LogP contribution >= 0.6 is 128 Å². The number of alkyl halides is 3. The minimum absolute atomic E-state index is 0. The van der Waals surface area contributed by atoms with Gasteiger partial charge in [-0.1, -0.05) is 123 Å². The minimum atomic E-state index is -0.278. The van der Waals surface area contributed by atoms with Crippen molar-refractivity contribution in [2.45, 2.75) is 67.7 Å². The molecule has 0 spiro atoms. The molecule has 0 unspecified atom stereocenters. The summed E-state index contributed by atoms with van der Waals surface area (Å²) in [5, 5.41) is 0. The molecule has 0 aliphatic rings. The van der Waals surface area contributed by atoms with Gasteiger partial charge >= 0.3 is 64.9 Å². The molecule has 0 saturated heterocycles. The van der Waals surface area contributed by atoms with Crippen molar-refractivity contribution in [2.24, 2.45) is 0 Å². The molecule has 0 aromatic rings. The third-order valence-corrected chi connectivity index (χ3v) is 3.19. The number of hydrogen-bond acceptors (Lipinski definition) is 0. The van der Waals surface area contributed by atoms with E-state index in [0.717, 1.165) is 0 Å². The van der Waals surface area contributed by atoms with Crippen LogP contribution in [0.4, 0.5) is 0 Å². The molecule has 19 heavy (non-hydrogen) atoms. The predicted octanol–water partition coefficient (Wildman–Crippen LogP) is 10.3. The molecule has 126 valence electrons. The summed E-state index contributed by atoms with van der Waals surface area (Å²) >= 11 is 14.6. The van der Waals surface area contributed by atoms with Gasteiger partial charge in [0.05, 0.1) is 0 Å². The molecule has 0 aliphatic heterocycles. The van der Waals surface area contributed by atoms with Crippen LogP contribution in [0, 0.1) is 6.92 Å². The van der Waals surface area contributed by atoms with Crippen LogP contribution in [-0.2, 0) is 4.92 Å². The third-order valence-electron chi connectivity index (χ3n) is 0.901. The fourth-order valence-corrected chi connectivity index (χ4v) is 0. The maximum atomic E-state index is 3.25. The summed E-state index contributed by atoms with van der Waals surface area (Å²) in [7, 11) is 0. The van der Waals surface area contributed by atoms with Crippen LogP contribution < -0.4 is 0 Å². The molecule has 0 aromatic carbocycles. The van der Waals surface area contributed by atoms with Gasteiger partial charge in [0, 0.05) is 0 Å². The number of hydrogen-bond donors (Lipinski definition) is 0. The van der Waals surface area contributed by atoms with E-state index in [4.69, 9.17) is 0 Å². The summed E-state index contributed by atoms with van der Waals surface area (Å²) < 4.78 is 0.452. The molecule has 0 bridgehead atoms. The SMILES string of the molecule is C.CC.CCC(I)(I)I.CCCC.[CH2-]C.[I][V]([I])[I]. The standard InChI is InChI=1S/C4H10.C3H5I3.C2H6.C2H5.CH4.3HI.V/c1-3-4-2;1-2-3(4,5)6;2*1-2;;;;;/h3-4H2,1-2H3;2H2,1H3;1-2H3;1H2,2H3;1H4;3*1H;/q;;;-1;;;;;+3/p-3. The average molecular weight is 987 g/mol. The van der Waals surface area contributed by atoms with Gasteiger partial charge in [0.2, 0.25) is 0 Å². The first-order valence-corrected chi connectivity index (χ1v) is 22.5. The topological polar surface area (TPSA) is 0 Å². The van der Waals surface area contributed by atoms with E-state index >= 15 is 0 Å². The van der Waals surface area contributed by atoms with Crippen molar-refractivity contribution in [3.05, 3.63) is 6.92 Å². The first-order valence-electron chi connectivity index (χ1n) is 5.76. The van der Waals surface area contributed by atoms with Gasteiger partial charge in [-0.3, -0.25) is 0 Å². The molecule has 0 aromatic heterocycles. The van der Waals surface area contributed by atoms with Gasteiger partial charge < -0.3 is 6.92 Å². The molecule has 0 nitrogen and oxygen atoms in total. The van der Waals surface area contributed by atoms with Crippen molar-refractivity contribution in [3.63, 3.8) is 0 Å². The fraction of sp³-hybridized carbons (Fsp3) is 0.917. The number of unbranched alkanes of at least 4 members (excludes halogenated alkanes) is 1. The molecular formula is C12H30I6V-. The van der Waals surface area contributed by atoms with Crippen LogP contribution in [0.1, 0.15) is 68.2 Å². The Morgan fingerprint density at radius 3 is 0.947 bits per heavy atom. The summed E-state index contributed by atoms with van der Waals surface area (Å²) in [6, 6.07) is 0. The Kier molecular flexibility index (Phi) is 79.3. The molecule has 0 rings (SSSR count). The van der Waals surface area contributed by atoms with Crippen LogP contribution in [0.2, 0.25) is 0 Å². The molecule has 0 heterocycles. The molecule has 0 aliphatic carbocycles. The van der Waals surface area contributed by atoms with Crippen molar-refractivity contribution < 1.29 is 4.92 Å². The van der Waals surface area contributed by atoms with Gasteiger partial charge in [-0.15, -0.1) is 0 Å².